The number of carbonyl (C=O) groups is 3. The minimum Gasteiger partial charge on any atom is -0.505 e. The average Bonchev–Trinajstić information content (AvgIpc) is 4.07. The number of rotatable bonds is 20. The van der Waals surface area contributed by atoms with E-state index in [-0.39, 0.29) is 0 Å². The van der Waals surface area contributed by atoms with Crippen LogP contribution in [0.2, 0.25) is 0 Å². The molecule has 0 atom stereocenters. The van der Waals surface area contributed by atoms with E-state index in [0.29, 0.717) is 30.1 Å². The third-order valence-electron chi connectivity index (χ3n) is 15.3. The number of ether oxygens (including phenoxy) is 2. The molecular weight excluding hydrogens is 721 g/mol. The number of methoxy groups -OCH3 is 2. The van der Waals surface area contributed by atoms with E-state index >= 15 is 0 Å². The van der Waals surface area contributed by atoms with Gasteiger partial charge < -0.3 is 24.2 Å². The maximum Gasteiger partial charge on any atom is 0.139 e. The van der Waals surface area contributed by atoms with Crippen molar-refractivity contribution >= 4 is 18.4 Å². The summed E-state index contributed by atoms with van der Waals surface area (Å²) < 4.78 is 9.99. The second-order valence-corrected chi connectivity index (χ2v) is 21.1. The number of hydrogen-bond donors (Lipinski definition) is 1. The van der Waals surface area contributed by atoms with Gasteiger partial charge in [-0.1, -0.05) is 0 Å². The van der Waals surface area contributed by atoms with Crippen LogP contribution in [0, 0.1) is 94.7 Å². The van der Waals surface area contributed by atoms with E-state index in [0.717, 1.165) is 96.1 Å². The molecule has 6 heteroatoms. The van der Waals surface area contributed by atoms with Crippen molar-refractivity contribution in [2.24, 2.45) is 94.7 Å². The summed E-state index contributed by atoms with van der Waals surface area (Å²) in [7, 11) is 3.48. The lowest BCUT2D eigenvalue weighted by atomic mass is 9.95. The number of carbonyl (C=O) groups excluding carboxylic acids is 3. The van der Waals surface area contributed by atoms with Gasteiger partial charge in [0.05, 0.1) is 26.7 Å². The first kappa shape index (κ1) is 44.1. The van der Waals surface area contributed by atoms with Crippen molar-refractivity contribution in [2.75, 3.05) is 20.8 Å². The number of hydrogen-bond acceptors (Lipinski definition) is 6. The fraction of sp³-hybridized carbons (Fsp3) is 0.865. The maximum atomic E-state index is 11.0. The van der Waals surface area contributed by atoms with E-state index in [4.69, 9.17) is 14.6 Å². The molecule has 0 radical (unpaired) electrons. The summed E-state index contributed by atoms with van der Waals surface area (Å²) in [5.41, 5.74) is 1.60. The standard InChI is InChI=1S/C10H16O.C9H14O.C9H16O.C9H14O.C8H12O.C7H10O/c1-11-7-6-10(8-2-3-8)9-4-5-9;1-10-6-9(7-2-3-7)8-4-5-8;2*10-6-5-9(7-1-2-7)8-3-4-8;9-5-8(6-1-2-6)7-3-4-7;8-7(5-1-2-5)6-3-4-6/h6-10H,2-5H2,1H3;6-8H,2-5H2,1H3;7-10H,1-6H2;6-9H,1-5H2;5-8H,1-4H2;5-6H,1-4H2/b7-6+;;;;;. The van der Waals surface area contributed by atoms with E-state index in [9.17, 15) is 14.4 Å². The molecule has 0 saturated heterocycles. The van der Waals surface area contributed by atoms with E-state index in [1.807, 2.05) is 12.5 Å². The molecule has 6 nitrogen and oxygen atoms in total. The fourth-order valence-electron chi connectivity index (χ4n) is 9.95. The van der Waals surface area contributed by atoms with Crippen molar-refractivity contribution in [3.05, 3.63) is 24.2 Å². The Labute approximate surface area is 352 Å². The smallest absolute Gasteiger partial charge is 0.139 e. The Morgan fingerprint density at radius 2 is 0.897 bits per heavy atom. The van der Waals surface area contributed by atoms with Gasteiger partial charge in [-0.2, -0.15) is 0 Å². The molecule has 0 spiro atoms. The predicted octanol–water partition coefficient (Wildman–Crippen LogP) is 11.7. The van der Waals surface area contributed by atoms with Gasteiger partial charge in [0.1, 0.15) is 18.4 Å². The Kier molecular flexibility index (Phi) is 16.5. The molecule has 58 heavy (non-hydrogen) atoms. The number of Topliss-reactive ketones (excluding diaryl/α,β-unsaturated/α-hetero) is 1. The van der Waals surface area contributed by atoms with E-state index in [2.05, 4.69) is 6.08 Å². The minimum atomic E-state index is 0.414. The van der Waals surface area contributed by atoms with Crippen molar-refractivity contribution in [1.82, 2.24) is 0 Å². The number of aldehydes is 2. The summed E-state index contributed by atoms with van der Waals surface area (Å²) in [6.07, 6.45) is 43.2. The number of ketones is 1. The van der Waals surface area contributed by atoms with Gasteiger partial charge in [-0.05, 0) is 249 Å². The van der Waals surface area contributed by atoms with Gasteiger partial charge in [0, 0.05) is 30.8 Å². The number of allylic oxidation sites excluding steroid dienone is 2. The number of aliphatic hydroxyl groups excluding tert-OH is 1. The van der Waals surface area contributed by atoms with Crippen LogP contribution in [0.5, 0.6) is 0 Å². The highest BCUT2D eigenvalue weighted by Gasteiger charge is 2.43. The molecule has 12 aliphatic rings. The zero-order valence-corrected chi connectivity index (χ0v) is 36.7. The highest BCUT2D eigenvalue weighted by Crippen LogP contribution is 2.53. The van der Waals surface area contributed by atoms with Crippen molar-refractivity contribution < 1.29 is 29.0 Å². The van der Waals surface area contributed by atoms with Crippen molar-refractivity contribution in [2.45, 2.75) is 167 Å². The fourth-order valence-corrected chi connectivity index (χ4v) is 9.95. The normalized spacial score (nSPS) is 25.7. The molecular formula is C52H82O6. The molecule has 12 saturated carbocycles. The summed E-state index contributed by atoms with van der Waals surface area (Å²) >= 11 is 0. The molecule has 0 heterocycles. The van der Waals surface area contributed by atoms with Crippen LogP contribution in [0.15, 0.2) is 24.2 Å². The van der Waals surface area contributed by atoms with Crippen LogP contribution >= 0.6 is 0 Å². The highest BCUT2D eigenvalue weighted by atomic mass is 16.5. The van der Waals surface area contributed by atoms with Gasteiger partial charge >= 0.3 is 0 Å². The van der Waals surface area contributed by atoms with E-state index in [1.165, 1.54) is 160 Å². The third-order valence-corrected chi connectivity index (χ3v) is 15.3. The summed E-state index contributed by atoms with van der Waals surface area (Å²) in [4.78, 5) is 31.7. The summed E-state index contributed by atoms with van der Waals surface area (Å²) in [6.45, 7) is 0.414. The molecule has 0 amide bonds. The van der Waals surface area contributed by atoms with Crippen LogP contribution in [0.25, 0.3) is 0 Å². The molecule has 326 valence electrons. The first-order chi connectivity index (χ1) is 28.5. The molecule has 0 aromatic carbocycles. The maximum absolute atomic E-state index is 11.0. The zero-order valence-electron chi connectivity index (χ0n) is 36.7. The van der Waals surface area contributed by atoms with Crippen LogP contribution in [0.4, 0.5) is 0 Å². The Morgan fingerprint density at radius 1 is 0.517 bits per heavy atom. The van der Waals surface area contributed by atoms with Gasteiger partial charge in [0.2, 0.25) is 0 Å². The van der Waals surface area contributed by atoms with Crippen LogP contribution in [-0.4, -0.2) is 44.3 Å². The van der Waals surface area contributed by atoms with Crippen molar-refractivity contribution in [3.8, 4) is 0 Å². The van der Waals surface area contributed by atoms with Crippen molar-refractivity contribution in [1.29, 1.82) is 0 Å². The first-order valence-corrected chi connectivity index (χ1v) is 24.9. The molecule has 1 N–H and O–H groups in total. The quantitative estimate of drug-likeness (QED) is 0.0974. The average molecular weight is 803 g/mol. The Hall–Kier alpha value is -1.95. The van der Waals surface area contributed by atoms with Gasteiger partial charge in [0.25, 0.3) is 0 Å². The van der Waals surface area contributed by atoms with E-state index < -0.39 is 0 Å². The van der Waals surface area contributed by atoms with Crippen LogP contribution < -0.4 is 0 Å². The number of aliphatic hydroxyl groups is 1. The second-order valence-electron chi connectivity index (χ2n) is 21.1. The molecule has 12 aliphatic carbocycles. The zero-order chi connectivity index (χ0) is 40.4. The molecule has 0 bridgehead atoms. The van der Waals surface area contributed by atoms with Gasteiger partial charge in [0.15, 0.2) is 0 Å². The lowest BCUT2D eigenvalue weighted by molar-refractivity contribution is -0.121. The first-order valence-electron chi connectivity index (χ1n) is 24.9. The minimum absolute atomic E-state index is 0.414. The van der Waals surface area contributed by atoms with Crippen LogP contribution in [-0.2, 0) is 23.9 Å². The van der Waals surface area contributed by atoms with Crippen LogP contribution in [0.1, 0.15) is 167 Å². The van der Waals surface area contributed by atoms with Crippen LogP contribution in [0.3, 0.4) is 0 Å². The summed E-state index contributed by atoms with van der Waals surface area (Å²) in [6, 6.07) is 0. The Morgan fingerprint density at radius 3 is 1.19 bits per heavy atom. The molecule has 12 fully saturated rings. The second kappa shape index (κ2) is 21.7. The molecule has 0 aromatic heterocycles. The monoisotopic (exact) mass is 803 g/mol. The largest absolute Gasteiger partial charge is 0.505 e. The van der Waals surface area contributed by atoms with Gasteiger partial charge in [-0.15, -0.1) is 0 Å². The Bertz CT molecular complexity index is 1250. The van der Waals surface area contributed by atoms with E-state index in [1.54, 1.807) is 19.8 Å². The predicted molar refractivity (Wildman–Crippen MR) is 231 cm³/mol. The topological polar surface area (TPSA) is 89.9 Å². The van der Waals surface area contributed by atoms with Gasteiger partial charge in [-0.3, -0.25) is 4.79 Å². The molecule has 12 rings (SSSR count). The molecule has 0 aromatic rings. The molecule has 0 aliphatic heterocycles. The summed E-state index contributed by atoms with van der Waals surface area (Å²) in [5.74, 6) is 14.0. The lowest BCUT2D eigenvalue weighted by Crippen LogP contribution is -2.07. The van der Waals surface area contributed by atoms with Gasteiger partial charge in [-0.25, -0.2) is 0 Å². The van der Waals surface area contributed by atoms with Crippen molar-refractivity contribution in [3.63, 3.8) is 0 Å². The SMILES string of the molecule is CO/C=C/C(C1CC1)C1CC1.COC=C(C1CC1)C1CC1.O=C(C1CC1)C1CC1.O=CC(C1CC1)C1CC1.O=CCC(C1CC1)C1CC1.OCCC(C1CC1)C1CC1. The third kappa shape index (κ3) is 16.2. The summed E-state index contributed by atoms with van der Waals surface area (Å²) in [5, 5.41) is 8.79. The Balaban J connectivity index is 0.000000106. The lowest BCUT2D eigenvalue weighted by Gasteiger charge is -2.12. The molecule has 0 unspecified atom stereocenters. The highest BCUT2D eigenvalue weighted by molar-refractivity contribution is 5.87.